The zero-order valence-corrected chi connectivity index (χ0v) is 10.2. The van der Waals surface area contributed by atoms with Gasteiger partial charge in [-0.25, -0.2) is 0 Å². The molecule has 5 nitrogen and oxygen atoms in total. The molecule has 18 heavy (non-hydrogen) atoms. The highest BCUT2D eigenvalue weighted by Gasteiger charge is 2.19. The fourth-order valence-electron chi connectivity index (χ4n) is 1.89. The highest BCUT2D eigenvalue weighted by atomic mass is 16.2. The van der Waals surface area contributed by atoms with Crippen LogP contribution in [0.1, 0.15) is 23.8 Å². The molecule has 0 saturated heterocycles. The number of amides is 1. The molecule has 0 atom stereocenters. The normalized spacial score (nSPS) is 10.5. The third kappa shape index (κ3) is 2.20. The highest BCUT2D eigenvalue weighted by molar-refractivity contribution is 6.05. The summed E-state index contributed by atoms with van der Waals surface area (Å²) in [5.74, 6) is -0.485. The van der Waals surface area contributed by atoms with Crippen LogP contribution in [0.25, 0.3) is 10.9 Å². The second-order valence-corrected chi connectivity index (χ2v) is 4.11. The number of carbonyl (C=O) groups is 1. The number of rotatable bonds is 3. The summed E-state index contributed by atoms with van der Waals surface area (Å²) in [7, 11) is 0. The number of guanidine groups is 1. The van der Waals surface area contributed by atoms with Crippen LogP contribution in [0, 0.1) is 5.41 Å². The van der Waals surface area contributed by atoms with Crippen molar-refractivity contribution in [3.05, 3.63) is 36.0 Å². The Morgan fingerprint density at radius 3 is 2.78 bits per heavy atom. The number of nitrogens with two attached hydrogens (primary N) is 1. The summed E-state index contributed by atoms with van der Waals surface area (Å²) in [5, 5.41) is 8.41. The lowest BCUT2D eigenvalue weighted by molar-refractivity contribution is 0.0840. The summed E-state index contributed by atoms with van der Waals surface area (Å²) in [5.41, 5.74) is 6.79. The van der Waals surface area contributed by atoms with E-state index >= 15 is 0 Å². The minimum absolute atomic E-state index is 0.222. The zero-order chi connectivity index (χ0) is 13.1. The molecule has 2 aromatic rings. The van der Waals surface area contributed by atoms with Crippen LogP contribution in [0.3, 0.4) is 0 Å². The first kappa shape index (κ1) is 12.2. The lowest BCUT2D eigenvalue weighted by atomic mass is 10.2. The topological polar surface area (TPSA) is 86.0 Å². The molecule has 0 unspecified atom stereocenters. The second kappa shape index (κ2) is 4.91. The fraction of sp³-hybridized carbons (Fsp3) is 0.231. The van der Waals surface area contributed by atoms with Crippen molar-refractivity contribution in [1.29, 1.82) is 5.41 Å². The van der Waals surface area contributed by atoms with Crippen LogP contribution in [-0.2, 0) is 0 Å². The number of nitrogens with zero attached hydrogens (tertiary/aromatic N) is 1. The Morgan fingerprint density at radius 1 is 1.44 bits per heavy atom. The number of fused-ring (bicyclic) bond motifs is 1. The Balaban J connectivity index is 2.34. The van der Waals surface area contributed by atoms with Gasteiger partial charge in [-0.3, -0.25) is 15.1 Å². The third-order valence-electron chi connectivity index (χ3n) is 2.74. The third-order valence-corrected chi connectivity index (χ3v) is 2.74. The van der Waals surface area contributed by atoms with E-state index in [0.29, 0.717) is 12.2 Å². The standard InChI is InChI=1S/C13H16N4O/c1-2-7-17(13(14)15)12(18)11-8-9-5-3-4-6-10(9)16-11/h3-6,8,16H,2,7H2,1H3,(H3,14,15). The number of para-hydroxylation sites is 1. The first-order valence-corrected chi connectivity index (χ1v) is 5.87. The molecule has 0 saturated carbocycles. The molecule has 1 aromatic heterocycles. The van der Waals surface area contributed by atoms with Gasteiger partial charge < -0.3 is 10.7 Å². The van der Waals surface area contributed by atoms with E-state index in [9.17, 15) is 4.79 Å². The average Bonchev–Trinajstić information content (AvgIpc) is 2.78. The van der Waals surface area contributed by atoms with Gasteiger partial charge in [-0.2, -0.15) is 0 Å². The van der Waals surface area contributed by atoms with E-state index in [2.05, 4.69) is 4.98 Å². The predicted octanol–water partition coefficient (Wildman–Crippen LogP) is 1.91. The van der Waals surface area contributed by atoms with Gasteiger partial charge in [0.2, 0.25) is 0 Å². The maximum atomic E-state index is 12.2. The van der Waals surface area contributed by atoms with E-state index < -0.39 is 0 Å². The van der Waals surface area contributed by atoms with Gasteiger partial charge in [-0.15, -0.1) is 0 Å². The summed E-state index contributed by atoms with van der Waals surface area (Å²) < 4.78 is 0. The molecular weight excluding hydrogens is 228 g/mol. The Labute approximate surface area is 105 Å². The van der Waals surface area contributed by atoms with Crippen molar-refractivity contribution in [2.24, 2.45) is 5.73 Å². The molecule has 0 aliphatic rings. The highest BCUT2D eigenvalue weighted by Crippen LogP contribution is 2.16. The van der Waals surface area contributed by atoms with Crippen molar-refractivity contribution in [3.8, 4) is 0 Å². The first-order valence-electron chi connectivity index (χ1n) is 5.87. The molecule has 0 fully saturated rings. The largest absolute Gasteiger partial charge is 0.370 e. The average molecular weight is 244 g/mol. The van der Waals surface area contributed by atoms with Gasteiger partial charge in [0.05, 0.1) is 0 Å². The van der Waals surface area contributed by atoms with Crippen LogP contribution in [0.4, 0.5) is 0 Å². The van der Waals surface area contributed by atoms with E-state index in [0.717, 1.165) is 17.3 Å². The van der Waals surface area contributed by atoms with Gasteiger partial charge in [0.25, 0.3) is 5.91 Å². The summed E-state index contributed by atoms with van der Waals surface area (Å²) in [6, 6.07) is 9.44. The first-order chi connectivity index (χ1) is 8.63. The Morgan fingerprint density at radius 2 is 2.17 bits per heavy atom. The van der Waals surface area contributed by atoms with Crippen LogP contribution < -0.4 is 5.73 Å². The molecule has 0 bridgehead atoms. The number of hydrogen-bond donors (Lipinski definition) is 3. The molecule has 5 heteroatoms. The molecule has 0 radical (unpaired) electrons. The van der Waals surface area contributed by atoms with E-state index in [1.54, 1.807) is 6.07 Å². The predicted molar refractivity (Wildman–Crippen MR) is 71.5 cm³/mol. The Hall–Kier alpha value is -2.30. The van der Waals surface area contributed by atoms with E-state index in [1.165, 1.54) is 4.90 Å². The number of hydrogen-bond acceptors (Lipinski definition) is 2. The van der Waals surface area contributed by atoms with Gasteiger partial charge in [-0.05, 0) is 18.6 Å². The van der Waals surface area contributed by atoms with Crippen molar-refractivity contribution >= 4 is 22.8 Å². The maximum Gasteiger partial charge on any atom is 0.276 e. The van der Waals surface area contributed by atoms with Gasteiger partial charge in [0, 0.05) is 17.4 Å². The number of nitrogens with one attached hydrogen (secondary N) is 2. The quantitative estimate of drug-likeness (QED) is 0.569. The van der Waals surface area contributed by atoms with Crippen LogP contribution in [0.5, 0.6) is 0 Å². The van der Waals surface area contributed by atoms with Gasteiger partial charge in [-0.1, -0.05) is 25.1 Å². The van der Waals surface area contributed by atoms with Crippen LogP contribution in [0.2, 0.25) is 0 Å². The van der Waals surface area contributed by atoms with Gasteiger partial charge in [0.1, 0.15) is 5.69 Å². The lowest BCUT2D eigenvalue weighted by Gasteiger charge is -2.18. The van der Waals surface area contributed by atoms with Gasteiger partial charge >= 0.3 is 0 Å². The molecule has 1 aromatic carbocycles. The lowest BCUT2D eigenvalue weighted by Crippen LogP contribution is -2.41. The van der Waals surface area contributed by atoms with Crippen molar-refractivity contribution < 1.29 is 4.79 Å². The summed E-state index contributed by atoms with van der Waals surface area (Å²) in [6.07, 6.45) is 0.756. The minimum Gasteiger partial charge on any atom is -0.370 e. The maximum absolute atomic E-state index is 12.2. The van der Waals surface area contributed by atoms with Crippen LogP contribution in [-0.4, -0.2) is 28.3 Å². The molecule has 0 spiro atoms. The van der Waals surface area contributed by atoms with E-state index in [4.69, 9.17) is 11.1 Å². The zero-order valence-electron chi connectivity index (χ0n) is 10.2. The van der Waals surface area contributed by atoms with Crippen LogP contribution in [0.15, 0.2) is 30.3 Å². The summed E-state index contributed by atoms with van der Waals surface area (Å²) in [4.78, 5) is 16.5. The number of carbonyl (C=O) groups excluding carboxylic acids is 1. The molecule has 1 heterocycles. The molecule has 4 N–H and O–H groups in total. The monoisotopic (exact) mass is 244 g/mol. The number of H-pyrrole nitrogens is 1. The molecule has 0 aliphatic heterocycles. The second-order valence-electron chi connectivity index (χ2n) is 4.11. The molecular formula is C13H16N4O. The Bertz CT molecular complexity index is 554. The van der Waals surface area contributed by atoms with E-state index in [-0.39, 0.29) is 11.9 Å². The molecule has 1 amide bonds. The summed E-state index contributed by atoms with van der Waals surface area (Å²) in [6.45, 7) is 2.39. The SMILES string of the molecule is CCCN(C(=N)N)C(=O)c1cc2ccccc2[nH]1. The number of aromatic nitrogens is 1. The molecule has 2 rings (SSSR count). The number of aromatic amines is 1. The fourth-order valence-corrected chi connectivity index (χ4v) is 1.89. The smallest absolute Gasteiger partial charge is 0.276 e. The summed E-state index contributed by atoms with van der Waals surface area (Å²) >= 11 is 0. The Kier molecular flexibility index (Phi) is 3.32. The van der Waals surface area contributed by atoms with Crippen molar-refractivity contribution in [2.45, 2.75) is 13.3 Å². The van der Waals surface area contributed by atoms with Gasteiger partial charge in [0.15, 0.2) is 5.96 Å². The number of benzene rings is 1. The van der Waals surface area contributed by atoms with E-state index in [1.807, 2.05) is 31.2 Å². The van der Waals surface area contributed by atoms with Crippen molar-refractivity contribution in [3.63, 3.8) is 0 Å². The van der Waals surface area contributed by atoms with Crippen molar-refractivity contribution in [1.82, 2.24) is 9.88 Å². The van der Waals surface area contributed by atoms with Crippen molar-refractivity contribution in [2.75, 3.05) is 6.54 Å². The molecule has 0 aliphatic carbocycles. The van der Waals surface area contributed by atoms with Crippen LogP contribution >= 0.6 is 0 Å². The molecule has 94 valence electrons. The minimum atomic E-state index is -0.263.